The summed E-state index contributed by atoms with van der Waals surface area (Å²) in [7, 11) is -2.17. The number of anilines is 1. The molecule has 2 rings (SSSR count). The highest BCUT2D eigenvalue weighted by Gasteiger charge is 2.25. The van der Waals surface area contributed by atoms with Crippen LogP contribution in [0.2, 0.25) is 0 Å². The molecule has 1 heterocycles. The van der Waals surface area contributed by atoms with Gasteiger partial charge in [0.05, 0.1) is 5.69 Å². The van der Waals surface area contributed by atoms with E-state index in [1.165, 1.54) is 16.6 Å². The summed E-state index contributed by atoms with van der Waals surface area (Å²) in [5.74, 6) is 0.326. The molecule has 1 aromatic carbocycles. The third kappa shape index (κ3) is 3.28. The van der Waals surface area contributed by atoms with Crippen LogP contribution in [-0.2, 0) is 16.6 Å². The summed E-state index contributed by atoms with van der Waals surface area (Å²) in [5.41, 5.74) is 8.03. The maximum Gasteiger partial charge on any atom is 0.262 e. The molecule has 0 spiro atoms. The molecule has 2 aromatic rings. The van der Waals surface area contributed by atoms with E-state index in [-0.39, 0.29) is 17.3 Å². The van der Waals surface area contributed by atoms with Gasteiger partial charge in [-0.3, -0.25) is 0 Å². The first-order valence-electron chi connectivity index (χ1n) is 7.08. The molecule has 1 aromatic heterocycles. The number of hydrogen-bond acceptors (Lipinski definition) is 4. The van der Waals surface area contributed by atoms with Gasteiger partial charge in [-0.15, -0.1) is 0 Å². The van der Waals surface area contributed by atoms with E-state index >= 15 is 0 Å². The summed E-state index contributed by atoms with van der Waals surface area (Å²) >= 11 is 0. The van der Waals surface area contributed by atoms with Crippen LogP contribution in [0, 0.1) is 0 Å². The monoisotopic (exact) mass is 319 g/mol. The fraction of sp³-hybridized carbons (Fsp3) is 0.312. The zero-order valence-electron chi connectivity index (χ0n) is 13.0. The Hall–Kier alpha value is -1.92. The predicted molar refractivity (Wildman–Crippen MR) is 87.8 cm³/mol. The van der Waals surface area contributed by atoms with Gasteiger partial charge in [-0.05, 0) is 29.2 Å². The van der Waals surface area contributed by atoms with E-state index in [9.17, 15) is 8.42 Å². The van der Waals surface area contributed by atoms with Crippen LogP contribution < -0.4 is 5.73 Å². The highest BCUT2D eigenvalue weighted by molar-refractivity contribution is 7.89. The number of nitrogen functional groups attached to an aromatic ring is 1. The molecule has 2 N–H and O–H groups in total. The number of aromatic nitrogens is 1. The Morgan fingerprint density at radius 3 is 2.50 bits per heavy atom. The van der Waals surface area contributed by atoms with Crippen molar-refractivity contribution in [1.82, 2.24) is 9.29 Å². The molecule has 0 fully saturated rings. The first-order valence-corrected chi connectivity index (χ1v) is 8.52. The maximum atomic E-state index is 12.6. The van der Waals surface area contributed by atoms with E-state index in [1.54, 1.807) is 13.1 Å². The molecule has 0 aliphatic rings. The number of hydrogen-bond donors (Lipinski definition) is 1. The number of sulfonamides is 1. The molecular weight excluding hydrogens is 298 g/mol. The van der Waals surface area contributed by atoms with E-state index in [2.05, 4.69) is 18.8 Å². The van der Waals surface area contributed by atoms with Crippen molar-refractivity contribution in [2.75, 3.05) is 12.8 Å². The summed E-state index contributed by atoms with van der Waals surface area (Å²) in [6.07, 6.45) is 1.43. The Bertz CT molecular complexity index is 757. The van der Waals surface area contributed by atoms with Crippen LogP contribution >= 0.6 is 0 Å². The smallest absolute Gasteiger partial charge is 0.262 e. The van der Waals surface area contributed by atoms with Gasteiger partial charge < -0.3 is 5.73 Å². The van der Waals surface area contributed by atoms with Crippen molar-refractivity contribution < 1.29 is 8.42 Å². The minimum absolute atomic E-state index is 0.0977. The second-order valence-corrected chi connectivity index (χ2v) is 7.47. The highest BCUT2D eigenvalue weighted by atomic mass is 32.2. The first kappa shape index (κ1) is 16.5. The summed E-state index contributed by atoms with van der Waals surface area (Å²) in [5, 5.41) is -0.0977. The standard InChI is InChI=1S/C16H21N3O2S/c1-12(2)14-8-5-4-7-13(14)11-19(3)22(20,21)16-15(17)9-6-10-18-16/h4-10,12H,11,17H2,1-3H3. The SMILES string of the molecule is CC(C)c1ccccc1CN(C)S(=O)(=O)c1ncccc1N. The van der Waals surface area contributed by atoms with Crippen molar-refractivity contribution in [1.29, 1.82) is 0 Å². The van der Waals surface area contributed by atoms with Crippen molar-refractivity contribution in [3.63, 3.8) is 0 Å². The molecule has 0 bridgehead atoms. The van der Waals surface area contributed by atoms with E-state index < -0.39 is 10.0 Å². The van der Waals surface area contributed by atoms with Crippen LogP contribution in [0.1, 0.15) is 30.9 Å². The summed E-state index contributed by atoms with van der Waals surface area (Å²) in [4.78, 5) is 3.92. The largest absolute Gasteiger partial charge is 0.396 e. The normalized spacial score (nSPS) is 12.0. The van der Waals surface area contributed by atoms with Crippen LogP contribution in [0.15, 0.2) is 47.6 Å². The molecule has 22 heavy (non-hydrogen) atoms. The number of benzene rings is 1. The average Bonchev–Trinajstić information content (AvgIpc) is 2.47. The molecular formula is C16H21N3O2S. The Labute approximate surface area is 131 Å². The molecule has 5 nitrogen and oxygen atoms in total. The molecule has 118 valence electrons. The van der Waals surface area contributed by atoms with Gasteiger partial charge >= 0.3 is 0 Å². The Balaban J connectivity index is 2.33. The molecule has 0 radical (unpaired) electrons. The number of pyridine rings is 1. The Kier molecular flexibility index (Phi) is 4.83. The van der Waals surface area contributed by atoms with Gasteiger partial charge in [0.25, 0.3) is 10.0 Å². The maximum absolute atomic E-state index is 12.6. The van der Waals surface area contributed by atoms with Crippen LogP contribution in [0.3, 0.4) is 0 Å². The quantitative estimate of drug-likeness (QED) is 0.919. The second kappa shape index (κ2) is 6.46. The minimum atomic E-state index is -3.71. The van der Waals surface area contributed by atoms with Gasteiger partial charge in [0.15, 0.2) is 5.03 Å². The molecule has 0 atom stereocenters. The van der Waals surface area contributed by atoms with Gasteiger partial charge in [-0.1, -0.05) is 38.1 Å². The lowest BCUT2D eigenvalue weighted by Crippen LogP contribution is -2.28. The lowest BCUT2D eigenvalue weighted by Gasteiger charge is -2.20. The lowest BCUT2D eigenvalue weighted by atomic mass is 9.97. The lowest BCUT2D eigenvalue weighted by molar-refractivity contribution is 0.462. The van der Waals surface area contributed by atoms with Crippen molar-refractivity contribution >= 4 is 15.7 Å². The van der Waals surface area contributed by atoms with Crippen LogP contribution in [0.25, 0.3) is 0 Å². The fourth-order valence-electron chi connectivity index (χ4n) is 2.33. The Morgan fingerprint density at radius 2 is 1.86 bits per heavy atom. The number of nitrogens with two attached hydrogens (primary N) is 1. The number of nitrogens with zero attached hydrogens (tertiary/aromatic N) is 2. The van der Waals surface area contributed by atoms with Gasteiger partial charge in [0, 0.05) is 19.8 Å². The van der Waals surface area contributed by atoms with E-state index in [4.69, 9.17) is 5.73 Å². The van der Waals surface area contributed by atoms with E-state index in [1.807, 2.05) is 24.3 Å². The predicted octanol–water partition coefficient (Wildman–Crippen LogP) is 2.61. The molecule has 0 aliphatic heterocycles. The average molecular weight is 319 g/mol. The van der Waals surface area contributed by atoms with Crippen molar-refractivity contribution in [3.8, 4) is 0 Å². The zero-order chi connectivity index (χ0) is 16.3. The van der Waals surface area contributed by atoms with E-state index in [0.717, 1.165) is 11.1 Å². The minimum Gasteiger partial charge on any atom is -0.396 e. The summed E-state index contributed by atoms with van der Waals surface area (Å²) in [6.45, 7) is 4.46. The zero-order valence-corrected chi connectivity index (χ0v) is 13.8. The molecule has 6 heteroatoms. The summed E-state index contributed by atoms with van der Waals surface area (Å²) in [6, 6.07) is 11.0. The second-order valence-electron chi connectivity index (χ2n) is 5.51. The topological polar surface area (TPSA) is 76.3 Å². The third-order valence-corrected chi connectivity index (χ3v) is 5.30. The molecule has 0 unspecified atom stereocenters. The van der Waals surface area contributed by atoms with Crippen LogP contribution in [0.4, 0.5) is 5.69 Å². The molecule has 0 aliphatic carbocycles. The highest BCUT2D eigenvalue weighted by Crippen LogP contribution is 2.24. The van der Waals surface area contributed by atoms with Gasteiger partial charge in [-0.2, -0.15) is 4.31 Å². The summed E-state index contributed by atoms with van der Waals surface area (Å²) < 4.78 is 26.5. The fourth-order valence-corrected chi connectivity index (χ4v) is 3.50. The third-order valence-electron chi connectivity index (χ3n) is 3.53. The van der Waals surface area contributed by atoms with E-state index in [0.29, 0.717) is 5.92 Å². The van der Waals surface area contributed by atoms with Crippen LogP contribution in [0.5, 0.6) is 0 Å². The number of rotatable bonds is 5. The van der Waals surface area contributed by atoms with Crippen molar-refractivity contribution in [2.24, 2.45) is 0 Å². The Morgan fingerprint density at radius 1 is 1.18 bits per heavy atom. The van der Waals surface area contributed by atoms with Gasteiger partial charge in [0.1, 0.15) is 0 Å². The van der Waals surface area contributed by atoms with Crippen molar-refractivity contribution in [3.05, 3.63) is 53.7 Å². The van der Waals surface area contributed by atoms with Gasteiger partial charge in [0.2, 0.25) is 0 Å². The first-order chi connectivity index (χ1) is 10.3. The molecule has 0 amide bonds. The van der Waals surface area contributed by atoms with Crippen molar-refractivity contribution in [2.45, 2.75) is 31.3 Å². The van der Waals surface area contributed by atoms with Gasteiger partial charge in [-0.25, -0.2) is 13.4 Å². The molecule has 0 saturated heterocycles. The molecule has 0 saturated carbocycles. The van der Waals surface area contributed by atoms with Crippen LogP contribution in [-0.4, -0.2) is 24.8 Å².